The normalized spacial score (nSPS) is 12.9. The molecule has 2 aromatic carbocycles. The molecule has 1 aliphatic heterocycles. The number of para-hydroxylation sites is 2. The molecule has 0 aliphatic carbocycles. The number of hydrogen-bond donors (Lipinski definition) is 2. The molecule has 0 bridgehead atoms. The first-order valence-electron chi connectivity index (χ1n) is 7.38. The van der Waals surface area contributed by atoms with Crippen molar-refractivity contribution in [3.63, 3.8) is 0 Å². The molecule has 0 fully saturated rings. The summed E-state index contributed by atoms with van der Waals surface area (Å²) in [6, 6.07) is 9.88. The Balaban J connectivity index is 1.95. The number of fused-ring (bicyclic) bond motifs is 2. The lowest BCUT2D eigenvalue weighted by molar-refractivity contribution is 0.393. The maximum absolute atomic E-state index is 5.69. The van der Waals surface area contributed by atoms with E-state index in [1.54, 1.807) is 20.5 Å². The van der Waals surface area contributed by atoms with E-state index < -0.39 is 0 Å². The fourth-order valence-corrected chi connectivity index (χ4v) is 3.61. The molecule has 2 N–H and O–H groups in total. The second kappa shape index (κ2) is 5.79. The summed E-state index contributed by atoms with van der Waals surface area (Å²) in [5.74, 6) is 1.34. The Morgan fingerprint density at radius 3 is 2.50 bits per heavy atom. The molecule has 0 radical (unpaired) electrons. The molecule has 24 heavy (non-hydrogen) atoms. The van der Waals surface area contributed by atoms with E-state index in [9.17, 15) is 0 Å². The van der Waals surface area contributed by atoms with Crippen molar-refractivity contribution < 1.29 is 13.9 Å². The third kappa shape index (κ3) is 2.14. The maximum Gasteiger partial charge on any atom is 0.155 e. The van der Waals surface area contributed by atoms with Gasteiger partial charge in [0, 0.05) is 6.20 Å². The molecule has 3 aromatic rings. The minimum atomic E-state index is 0.647. The Bertz CT molecular complexity index is 962. The summed E-state index contributed by atoms with van der Waals surface area (Å²) < 4.78 is 17.7. The molecule has 122 valence electrons. The second-order valence-electron chi connectivity index (χ2n) is 5.29. The van der Waals surface area contributed by atoms with Crippen LogP contribution in [0.5, 0.6) is 11.5 Å². The quantitative estimate of drug-likeness (QED) is 0.659. The highest BCUT2D eigenvalue weighted by molar-refractivity contribution is 9.10. The van der Waals surface area contributed by atoms with E-state index in [1.165, 1.54) is 0 Å². The zero-order chi connectivity index (χ0) is 16.7. The van der Waals surface area contributed by atoms with Crippen molar-refractivity contribution >= 4 is 44.0 Å². The van der Waals surface area contributed by atoms with Crippen LogP contribution in [0.25, 0.3) is 16.7 Å². The molecule has 2 heterocycles. The number of nitrogens with one attached hydrogen (secondary N) is 2. The zero-order valence-corrected chi connectivity index (χ0v) is 14.7. The van der Waals surface area contributed by atoms with Gasteiger partial charge in [0.05, 0.1) is 48.5 Å². The summed E-state index contributed by atoms with van der Waals surface area (Å²) in [7, 11) is 3.27. The number of rotatable bonds is 3. The lowest BCUT2D eigenvalue weighted by atomic mass is 10.0. The van der Waals surface area contributed by atoms with Crippen molar-refractivity contribution in [3.8, 4) is 11.5 Å². The highest BCUT2D eigenvalue weighted by Crippen LogP contribution is 2.48. The number of furan rings is 1. The van der Waals surface area contributed by atoms with Crippen LogP contribution in [0.4, 0.5) is 11.4 Å². The highest BCUT2D eigenvalue weighted by atomic mass is 79.9. The molecule has 0 saturated carbocycles. The van der Waals surface area contributed by atoms with Gasteiger partial charge in [-0.1, -0.05) is 12.1 Å². The van der Waals surface area contributed by atoms with Crippen LogP contribution in [-0.4, -0.2) is 14.2 Å². The summed E-state index contributed by atoms with van der Waals surface area (Å²) in [5, 5.41) is 7.61. The van der Waals surface area contributed by atoms with E-state index >= 15 is 0 Å². The molecule has 0 atom stereocenters. The van der Waals surface area contributed by atoms with Gasteiger partial charge in [-0.2, -0.15) is 0 Å². The molecular formula is C18H15BrN2O3. The van der Waals surface area contributed by atoms with Crippen LogP contribution < -0.4 is 20.1 Å². The van der Waals surface area contributed by atoms with Crippen molar-refractivity contribution in [3.05, 3.63) is 52.8 Å². The summed E-state index contributed by atoms with van der Waals surface area (Å²) in [6.45, 7) is 0. The van der Waals surface area contributed by atoms with Gasteiger partial charge in [-0.05, 0) is 34.1 Å². The molecule has 0 unspecified atom stereocenters. The molecule has 1 aromatic heterocycles. The molecular weight excluding hydrogens is 372 g/mol. The lowest BCUT2D eigenvalue weighted by Crippen LogP contribution is -2.11. The smallest absolute Gasteiger partial charge is 0.155 e. The third-order valence-corrected chi connectivity index (χ3v) is 4.73. The van der Waals surface area contributed by atoms with Gasteiger partial charge >= 0.3 is 0 Å². The minimum Gasteiger partial charge on any atom is -0.495 e. The van der Waals surface area contributed by atoms with Gasteiger partial charge in [-0.25, -0.2) is 0 Å². The zero-order valence-electron chi connectivity index (χ0n) is 13.1. The largest absolute Gasteiger partial charge is 0.495 e. The molecule has 0 saturated heterocycles. The Morgan fingerprint density at radius 2 is 1.75 bits per heavy atom. The van der Waals surface area contributed by atoms with Crippen LogP contribution in [0.2, 0.25) is 0 Å². The Labute approximate surface area is 147 Å². The number of ether oxygens (including phenoxy) is 2. The Kier molecular flexibility index (Phi) is 3.61. The summed E-state index contributed by atoms with van der Waals surface area (Å²) in [5.41, 5.74) is 4.37. The minimum absolute atomic E-state index is 0.647. The van der Waals surface area contributed by atoms with Gasteiger partial charge in [0.1, 0.15) is 16.0 Å². The summed E-state index contributed by atoms with van der Waals surface area (Å²) in [4.78, 5) is 0. The van der Waals surface area contributed by atoms with Gasteiger partial charge in [-0.15, -0.1) is 0 Å². The van der Waals surface area contributed by atoms with Gasteiger partial charge in [0.25, 0.3) is 0 Å². The molecule has 6 heteroatoms. The second-order valence-corrected chi connectivity index (χ2v) is 6.08. The molecule has 4 rings (SSSR count). The summed E-state index contributed by atoms with van der Waals surface area (Å²) >= 11 is 3.58. The fraction of sp³-hybridized carbons (Fsp3) is 0.111. The van der Waals surface area contributed by atoms with Gasteiger partial charge in [0.15, 0.2) is 5.58 Å². The average Bonchev–Trinajstić information content (AvgIpc) is 3.11. The number of benzene rings is 2. The van der Waals surface area contributed by atoms with Gasteiger partial charge in [0.2, 0.25) is 0 Å². The van der Waals surface area contributed by atoms with Crippen LogP contribution in [0.1, 0.15) is 5.56 Å². The SMILES string of the molecule is COc1c(C2=CNc3ccccc3N2)c(OC)c2ccoc2c1Br. The van der Waals surface area contributed by atoms with Crippen LogP contribution in [-0.2, 0) is 0 Å². The Hall–Kier alpha value is -2.60. The number of halogens is 1. The predicted octanol–water partition coefficient (Wildman–Crippen LogP) is 5.05. The molecule has 0 spiro atoms. The van der Waals surface area contributed by atoms with E-state index in [0.29, 0.717) is 17.1 Å². The van der Waals surface area contributed by atoms with Gasteiger partial charge in [-0.3, -0.25) is 0 Å². The van der Waals surface area contributed by atoms with E-state index in [4.69, 9.17) is 13.9 Å². The van der Waals surface area contributed by atoms with Crippen molar-refractivity contribution in [2.45, 2.75) is 0 Å². The maximum atomic E-state index is 5.69. The van der Waals surface area contributed by atoms with Crippen LogP contribution in [0, 0.1) is 0 Å². The monoisotopic (exact) mass is 386 g/mol. The standard InChI is InChI=1S/C18H15BrN2O3/c1-22-16-10-7-8-24-17(10)15(19)18(23-2)14(16)13-9-20-11-5-3-4-6-12(11)21-13/h3-9,20-21H,1-2H3. The van der Waals surface area contributed by atoms with Gasteiger partial charge < -0.3 is 24.5 Å². The topological polar surface area (TPSA) is 55.7 Å². The lowest BCUT2D eigenvalue weighted by Gasteiger charge is -2.24. The van der Waals surface area contributed by atoms with Crippen LogP contribution in [0.15, 0.2) is 51.7 Å². The van der Waals surface area contributed by atoms with E-state index in [1.807, 2.05) is 36.5 Å². The van der Waals surface area contributed by atoms with Crippen LogP contribution >= 0.6 is 15.9 Å². The highest BCUT2D eigenvalue weighted by Gasteiger charge is 2.26. The van der Waals surface area contributed by atoms with Crippen molar-refractivity contribution in [2.75, 3.05) is 24.9 Å². The third-order valence-electron chi connectivity index (χ3n) is 4.01. The van der Waals surface area contributed by atoms with E-state index in [-0.39, 0.29) is 0 Å². The summed E-state index contributed by atoms with van der Waals surface area (Å²) in [6.07, 6.45) is 3.54. The van der Waals surface area contributed by atoms with Crippen molar-refractivity contribution in [1.29, 1.82) is 0 Å². The Morgan fingerprint density at radius 1 is 1.00 bits per heavy atom. The first-order chi connectivity index (χ1) is 11.7. The number of methoxy groups -OCH3 is 2. The van der Waals surface area contributed by atoms with E-state index in [0.717, 1.165) is 32.5 Å². The fourth-order valence-electron chi connectivity index (χ4n) is 2.94. The van der Waals surface area contributed by atoms with Crippen LogP contribution in [0.3, 0.4) is 0 Å². The van der Waals surface area contributed by atoms with Crippen molar-refractivity contribution in [2.24, 2.45) is 0 Å². The molecule has 5 nitrogen and oxygen atoms in total. The first kappa shape index (κ1) is 15.0. The number of anilines is 2. The molecule has 0 amide bonds. The average molecular weight is 387 g/mol. The van der Waals surface area contributed by atoms with Crippen molar-refractivity contribution in [1.82, 2.24) is 0 Å². The van der Waals surface area contributed by atoms with E-state index in [2.05, 4.69) is 26.6 Å². The predicted molar refractivity (Wildman–Crippen MR) is 98.7 cm³/mol. The number of hydrogen-bond acceptors (Lipinski definition) is 5. The first-order valence-corrected chi connectivity index (χ1v) is 8.17. The molecule has 1 aliphatic rings.